The van der Waals surface area contributed by atoms with Crippen LogP contribution in [-0.4, -0.2) is 60.1 Å². The molecule has 0 aliphatic carbocycles. The number of pyridine rings is 2. The number of fused-ring (bicyclic) bond motifs is 2. The van der Waals surface area contributed by atoms with E-state index in [-0.39, 0.29) is 27.5 Å². The van der Waals surface area contributed by atoms with Crippen molar-refractivity contribution in [2.45, 2.75) is 51.0 Å². The Bertz CT molecular complexity index is 2280. The monoisotopic (exact) mass is 683 g/mol. The number of rotatable bonds is 5. The molecule has 49 heavy (non-hydrogen) atoms. The maximum atomic E-state index is 15.9. The summed E-state index contributed by atoms with van der Waals surface area (Å²) >= 11 is 0. The van der Waals surface area contributed by atoms with Crippen LogP contribution in [0, 0.1) is 24.7 Å². The number of piperidine rings is 1. The van der Waals surface area contributed by atoms with Gasteiger partial charge in [-0.2, -0.15) is 4.79 Å². The molecule has 6 rings (SSSR count). The van der Waals surface area contributed by atoms with Gasteiger partial charge in [0.05, 0.1) is 15.3 Å². The number of carbonyl (C=O) groups excluding carboxylic acids is 2. The number of aromatic nitrogens is 3. The Morgan fingerprint density at radius 1 is 1.08 bits per heavy atom. The third-order valence-electron chi connectivity index (χ3n) is 8.26. The quantitative estimate of drug-likeness (QED) is 0.215. The van der Waals surface area contributed by atoms with E-state index in [2.05, 4.69) is 31.1 Å². The lowest BCUT2D eigenvalue weighted by Crippen LogP contribution is -2.35. The minimum atomic E-state index is -4.12. The van der Waals surface area contributed by atoms with Gasteiger partial charge in [-0.25, -0.2) is 21.8 Å². The summed E-state index contributed by atoms with van der Waals surface area (Å²) in [6.45, 7) is 8.31. The van der Waals surface area contributed by atoms with Gasteiger partial charge >= 0.3 is 6.09 Å². The van der Waals surface area contributed by atoms with E-state index in [4.69, 9.17) is 4.74 Å². The number of hydrogen-bond acceptors (Lipinski definition) is 8. The molecule has 0 saturated carbocycles. The molecule has 1 aliphatic heterocycles. The summed E-state index contributed by atoms with van der Waals surface area (Å²) in [5, 5.41) is 3.43. The lowest BCUT2D eigenvalue weighted by Gasteiger charge is -2.31. The van der Waals surface area contributed by atoms with E-state index in [9.17, 15) is 18.0 Å². The Morgan fingerprint density at radius 3 is 2.55 bits per heavy atom. The highest BCUT2D eigenvalue weighted by atomic mass is 32.2. The predicted octanol–water partition coefficient (Wildman–Crippen LogP) is 6.78. The van der Waals surface area contributed by atoms with Gasteiger partial charge < -0.3 is 15.0 Å². The Kier molecular flexibility index (Phi) is 8.85. The molecule has 1 aliphatic rings. The Hall–Kier alpha value is -5.35. The topological polar surface area (TPSA) is 128 Å². The molecule has 11 nitrogen and oxygen atoms in total. The third-order valence-corrected chi connectivity index (χ3v) is 9.92. The first-order valence-electron chi connectivity index (χ1n) is 15.8. The first-order chi connectivity index (χ1) is 23.2. The Morgan fingerprint density at radius 2 is 1.84 bits per heavy atom. The highest BCUT2D eigenvalue weighted by Gasteiger charge is 2.29. The Balaban J connectivity index is 1.46. The molecule has 1 unspecified atom stereocenters. The summed E-state index contributed by atoms with van der Waals surface area (Å²) in [4.78, 5) is 39.5. The number of nitrogens with zero attached hydrogens (tertiary/aromatic N) is 5. The van der Waals surface area contributed by atoms with Crippen molar-refractivity contribution >= 4 is 49.6 Å². The van der Waals surface area contributed by atoms with Crippen LogP contribution in [0.1, 0.15) is 49.5 Å². The lowest BCUT2D eigenvalue weighted by molar-refractivity contribution is 0.0664. The molecule has 1 saturated heterocycles. The SMILES string of the molecule is CNC(=O)c1cnc2c(c1)c(-c1cc(F)c3nccc(N4CCCC(C#[N+]C(=O)OC(C)(C)C)C4)c3c1)cn2S(=O)(=O)c1ccc(C)cc1. The molecular formula is C36H36FN6O5S+. The summed E-state index contributed by atoms with van der Waals surface area (Å²) in [6, 6.07) is 15.8. The van der Waals surface area contributed by atoms with Crippen LogP contribution in [0.5, 0.6) is 0 Å². The van der Waals surface area contributed by atoms with Gasteiger partial charge in [0.2, 0.25) is 0 Å². The number of ether oxygens (including phenoxy) is 1. The van der Waals surface area contributed by atoms with Gasteiger partial charge in [0.1, 0.15) is 22.9 Å². The molecule has 4 heterocycles. The van der Waals surface area contributed by atoms with Gasteiger partial charge in [0.15, 0.2) is 5.65 Å². The van der Waals surface area contributed by atoms with Crippen molar-refractivity contribution in [1.29, 1.82) is 0 Å². The smallest absolute Gasteiger partial charge is 0.392 e. The van der Waals surface area contributed by atoms with Gasteiger partial charge in [0.25, 0.3) is 22.0 Å². The summed E-state index contributed by atoms with van der Waals surface area (Å²) < 4.78 is 50.1. The fourth-order valence-electron chi connectivity index (χ4n) is 5.94. The van der Waals surface area contributed by atoms with Gasteiger partial charge in [-0.1, -0.05) is 17.7 Å². The highest BCUT2D eigenvalue weighted by Crippen LogP contribution is 2.38. The Labute approximate surface area is 283 Å². The second-order valence-corrected chi connectivity index (χ2v) is 14.8. The van der Waals surface area contributed by atoms with Crippen LogP contribution in [0.3, 0.4) is 0 Å². The second-order valence-electron chi connectivity index (χ2n) is 13.0. The number of amides is 2. The van der Waals surface area contributed by atoms with Crippen LogP contribution in [0.15, 0.2) is 72.0 Å². The summed E-state index contributed by atoms with van der Waals surface area (Å²) in [5.74, 6) is -1.17. The molecule has 1 atom stereocenters. The van der Waals surface area contributed by atoms with Crippen molar-refractivity contribution < 1.29 is 27.1 Å². The summed E-state index contributed by atoms with van der Waals surface area (Å²) in [5.41, 5.74) is 2.15. The summed E-state index contributed by atoms with van der Waals surface area (Å²) in [7, 11) is -2.64. The molecule has 0 bridgehead atoms. The maximum Gasteiger partial charge on any atom is 0.728 e. The van der Waals surface area contributed by atoms with Crippen molar-refractivity contribution in [3.63, 3.8) is 0 Å². The zero-order valence-corrected chi connectivity index (χ0v) is 28.6. The molecule has 2 aromatic carbocycles. The van der Waals surface area contributed by atoms with Crippen molar-refractivity contribution in [1.82, 2.24) is 19.3 Å². The molecule has 0 radical (unpaired) electrons. The van der Waals surface area contributed by atoms with Gasteiger partial charge in [-0.15, -0.1) is 0 Å². The fourth-order valence-corrected chi connectivity index (χ4v) is 7.27. The van der Waals surface area contributed by atoms with Gasteiger partial charge in [-0.05, 0) is 82.5 Å². The van der Waals surface area contributed by atoms with E-state index in [0.29, 0.717) is 35.0 Å². The van der Waals surface area contributed by atoms with E-state index < -0.39 is 33.4 Å². The average Bonchev–Trinajstić information content (AvgIpc) is 3.46. The number of benzene rings is 2. The van der Waals surface area contributed by atoms with Crippen LogP contribution in [0.4, 0.5) is 14.9 Å². The van der Waals surface area contributed by atoms with E-state index in [1.807, 2.05) is 6.92 Å². The number of anilines is 1. The molecule has 1 N–H and O–H groups in total. The first kappa shape index (κ1) is 33.5. The van der Waals surface area contributed by atoms with Crippen molar-refractivity contribution in [2.24, 2.45) is 5.92 Å². The number of halogens is 1. The molecule has 252 valence electrons. The number of aryl methyl sites for hydroxylation is 1. The fraction of sp³-hybridized carbons (Fsp3) is 0.306. The highest BCUT2D eigenvalue weighted by molar-refractivity contribution is 7.90. The molecule has 3 aromatic heterocycles. The molecule has 13 heteroatoms. The second kappa shape index (κ2) is 12.9. The van der Waals surface area contributed by atoms with Crippen LogP contribution in [0.25, 0.3) is 37.9 Å². The van der Waals surface area contributed by atoms with Crippen LogP contribution in [-0.2, 0) is 14.8 Å². The largest absolute Gasteiger partial charge is 0.728 e. The first-order valence-corrected chi connectivity index (χ1v) is 17.3. The summed E-state index contributed by atoms with van der Waals surface area (Å²) in [6.07, 6.45) is 5.11. The minimum absolute atomic E-state index is 0.0570. The van der Waals surface area contributed by atoms with Crippen molar-refractivity contribution in [2.75, 3.05) is 25.0 Å². The number of nitrogens with one attached hydrogen (secondary N) is 1. The van der Waals surface area contributed by atoms with E-state index in [1.165, 1.54) is 37.6 Å². The standard InChI is InChI=1S/C36H35FN6O5S/c1-22-8-10-26(11-9-22)49(46,47)43-21-29(27-16-25(34(44)38-5)19-40-33(27)43)24-15-28-31(12-13-39-32(28)30(37)17-24)42-14-6-7-23(20-42)18-41-35(45)48-36(2,3)4/h8-13,15-17,19,21,23H,6-7,14,20H2,1-5H3/p+1. The zero-order chi connectivity index (χ0) is 35.1. The van der Waals surface area contributed by atoms with Crippen molar-refractivity contribution in [3.8, 4) is 17.2 Å². The third kappa shape index (κ3) is 6.82. The molecule has 2 amide bonds. The lowest BCUT2D eigenvalue weighted by atomic mass is 9.97. The van der Waals surface area contributed by atoms with Crippen LogP contribution in [0.2, 0.25) is 0 Å². The molecular weight excluding hydrogens is 647 g/mol. The molecule has 1 fully saturated rings. The molecule has 0 spiro atoms. The maximum absolute atomic E-state index is 15.9. The van der Waals surface area contributed by atoms with Gasteiger partial charge in [0, 0.05) is 60.8 Å². The van der Waals surface area contributed by atoms with E-state index in [0.717, 1.165) is 28.1 Å². The normalized spacial score (nSPS) is 15.1. The molecule has 5 aromatic rings. The number of carbonyl (C=O) groups is 2. The van der Waals surface area contributed by atoms with Crippen molar-refractivity contribution in [3.05, 3.63) is 88.9 Å². The predicted molar refractivity (Wildman–Crippen MR) is 186 cm³/mol. The van der Waals surface area contributed by atoms with E-state index >= 15 is 4.39 Å². The minimum Gasteiger partial charge on any atom is -0.392 e. The van der Waals surface area contributed by atoms with E-state index in [1.54, 1.807) is 57.3 Å². The average molecular weight is 684 g/mol. The van der Waals surface area contributed by atoms with Crippen LogP contribution < -0.4 is 10.2 Å². The zero-order valence-electron chi connectivity index (χ0n) is 27.8. The number of hydrogen-bond donors (Lipinski definition) is 1. The van der Waals surface area contributed by atoms with Gasteiger partial charge in [-0.3, -0.25) is 9.78 Å². The van der Waals surface area contributed by atoms with Crippen LogP contribution >= 0.6 is 0 Å².